The summed E-state index contributed by atoms with van der Waals surface area (Å²) in [5.41, 5.74) is 1.29. The minimum atomic E-state index is -0.466. The van der Waals surface area contributed by atoms with Crippen LogP contribution in [-0.4, -0.2) is 39.4 Å². The van der Waals surface area contributed by atoms with Crippen molar-refractivity contribution < 1.29 is 23.8 Å². The van der Waals surface area contributed by atoms with Gasteiger partial charge in [-0.25, -0.2) is 9.59 Å². The van der Waals surface area contributed by atoms with Gasteiger partial charge in [-0.2, -0.15) is 0 Å². The zero-order valence-electron chi connectivity index (χ0n) is 8.61. The van der Waals surface area contributed by atoms with Gasteiger partial charge in [0.05, 0.1) is 27.4 Å². The first-order valence-electron chi connectivity index (χ1n) is 4.32. The van der Waals surface area contributed by atoms with Crippen LogP contribution < -0.4 is 0 Å². The Morgan fingerprint density at radius 2 is 1.47 bits per heavy atom. The fourth-order valence-corrected chi connectivity index (χ4v) is 1.13. The molecule has 15 heavy (non-hydrogen) atoms. The van der Waals surface area contributed by atoms with E-state index in [4.69, 9.17) is 4.74 Å². The second-order valence-electron chi connectivity index (χ2n) is 2.88. The molecular formula is C10H12O5. The first-order valence-corrected chi connectivity index (χ1v) is 4.32. The van der Waals surface area contributed by atoms with Gasteiger partial charge in [0, 0.05) is 12.2 Å². The van der Waals surface area contributed by atoms with Gasteiger partial charge in [-0.3, -0.25) is 0 Å². The van der Waals surface area contributed by atoms with Crippen molar-refractivity contribution in [1.82, 2.24) is 0 Å². The third-order valence-electron chi connectivity index (χ3n) is 1.91. The van der Waals surface area contributed by atoms with Crippen LogP contribution in [0.5, 0.6) is 0 Å². The molecule has 0 N–H and O–H groups in total. The number of hydrogen-bond donors (Lipinski definition) is 0. The van der Waals surface area contributed by atoms with E-state index < -0.39 is 11.9 Å². The van der Waals surface area contributed by atoms with E-state index >= 15 is 0 Å². The van der Waals surface area contributed by atoms with Crippen LogP contribution in [0.2, 0.25) is 0 Å². The van der Waals surface area contributed by atoms with Crippen LogP contribution in [0.3, 0.4) is 0 Å². The highest BCUT2D eigenvalue weighted by molar-refractivity contribution is 5.87. The van der Waals surface area contributed by atoms with Crippen molar-refractivity contribution in [3.05, 3.63) is 23.3 Å². The summed E-state index contributed by atoms with van der Waals surface area (Å²) in [7, 11) is 2.58. The lowest BCUT2D eigenvalue weighted by Crippen LogP contribution is -2.01. The summed E-state index contributed by atoms with van der Waals surface area (Å²) in [6.45, 7) is 0.607. The maximum Gasteiger partial charge on any atom is 0.330 e. The second kappa shape index (κ2) is 5.31. The molecule has 1 rings (SSSR count). The molecule has 0 bridgehead atoms. The molecule has 0 unspecified atom stereocenters. The molecular weight excluding hydrogens is 200 g/mol. The molecule has 0 radical (unpaired) electrons. The zero-order chi connectivity index (χ0) is 11.3. The Hall–Kier alpha value is -1.62. The summed E-state index contributed by atoms with van der Waals surface area (Å²) in [5, 5.41) is 0. The first-order chi connectivity index (χ1) is 7.17. The largest absolute Gasteiger partial charge is 0.466 e. The van der Waals surface area contributed by atoms with Crippen molar-refractivity contribution in [2.75, 3.05) is 27.4 Å². The highest BCUT2D eigenvalue weighted by Crippen LogP contribution is 2.18. The van der Waals surface area contributed by atoms with Gasteiger partial charge in [0.25, 0.3) is 0 Å². The van der Waals surface area contributed by atoms with E-state index in [0.29, 0.717) is 24.4 Å². The number of rotatable bonds is 2. The van der Waals surface area contributed by atoms with Crippen LogP contribution in [0.25, 0.3) is 0 Å². The van der Waals surface area contributed by atoms with Gasteiger partial charge in [0.2, 0.25) is 0 Å². The Bertz CT molecular complexity index is 295. The predicted molar refractivity (Wildman–Crippen MR) is 51.0 cm³/mol. The molecule has 1 aliphatic heterocycles. The summed E-state index contributed by atoms with van der Waals surface area (Å²) >= 11 is 0. The fourth-order valence-electron chi connectivity index (χ4n) is 1.13. The number of methoxy groups -OCH3 is 2. The minimum absolute atomic E-state index is 0.303. The molecule has 82 valence electrons. The van der Waals surface area contributed by atoms with Gasteiger partial charge in [-0.15, -0.1) is 0 Å². The number of carbonyl (C=O) groups is 2. The average Bonchev–Trinajstić information content (AvgIpc) is 2.65. The molecule has 1 fully saturated rings. The van der Waals surface area contributed by atoms with Crippen molar-refractivity contribution >= 4 is 11.9 Å². The molecule has 0 aromatic rings. The minimum Gasteiger partial charge on any atom is -0.466 e. The summed E-state index contributed by atoms with van der Waals surface area (Å²) in [4.78, 5) is 21.9. The van der Waals surface area contributed by atoms with Crippen molar-refractivity contribution in [2.24, 2.45) is 0 Å². The summed E-state index contributed by atoms with van der Waals surface area (Å²) in [5.74, 6) is -0.933. The Balaban J connectivity index is 2.81. The monoisotopic (exact) mass is 212 g/mol. The van der Waals surface area contributed by atoms with Gasteiger partial charge in [0.1, 0.15) is 0 Å². The Morgan fingerprint density at radius 3 is 1.80 bits per heavy atom. The highest BCUT2D eigenvalue weighted by atomic mass is 16.5. The number of esters is 2. The van der Waals surface area contributed by atoms with Crippen LogP contribution >= 0.6 is 0 Å². The van der Waals surface area contributed by atoms with Crippen molar-refractivity contribution in [2.45, 2.75) is 0 Å². The highest BCUT2D eigenvalue weighted by Gasteiger charge is 2.17. The van der Waals surface area contributed by atoms with E-state index in [-0.39, 0.29) is 0 Å². The van der Waals surface area contributed by atoms with Gasteiger partial charge in [0.15, 0.2) is 0 Å². The summed E-state index contributed by atoms with van der Waals surface area (Å²) in [6, 6.07) is 0. The third kappa shape index (κ3) is 3.21. The third-order valence-corrected chi connectivity index (χ3v) is 1.91. The Kier molecular flexibility index (Phi) is 4.05. The fraction of sp³-hybridized carbons (Fsp3) is 0.400. The smallest absolute Gasteiger partial charge is 0.330 e. The molecule has 0 aliphatic carbocycles. The molecule has 1 saturated heterocycles. The predicted octanol–water partition coefficient (Wildman–Crippen LogP) is 0.215. The van der Waals surface area contributed by atoms with Crippen LogP contribution in [0.15, 0.2) is 23.3 Å². The first kappa shape index (κ1) is 11.5. The lowest BCUT2D eigenvalue weighted by atomic mass is 10.1. The van der Waals surface area contributed by atoms with Crippen LogP contribution in [0.1, 0.15) is 0 Å². The Morgan fingerprint density at radius 1 is 1.07 bits per heavy atom. The topological polar surface area (TPSA) is 61.8 Å². The molecule has 0 aromatic heterocycles. The maximum atomic E-state index is 11.0. The summed E-state index contributed by atoms with van der Waals surface area (Å²) < 4.78 is 14.1. The van der Waals surface area contributed by atoms with Crippen molar-refractivity contribution in [3.8, 4) is 0 Å². The van der Waals surface area contributed by atoms with E-state index in [1.807, 2.05) is 0 Å². The molecule has 0 amide bonds. The van der Waals surface area contributed by atoms with E-state index in [1.54, 1.807) is 0 Å². The van der Waals surface area contributed by atoms with Gasteiger partial charge in [-0.1, -0.05) is 0 Å². The molecule has 0 atom stereocenters. The lowest BCUT2D eigenvalue weighted by Gasteiger charge is -1.97. The molecule has 1 heterocycles. The zero-order valence-corrected chi connectivity index (χ0v) is 8.61. The molecule has 5 heteroatoms. The molecule has 5 nitrogen and oxygen atoms in total. The van der Waals surface area contributed by atoms with E-state index in [1.165, 1.54) is 26.4 Å². The van der Waals surface area contributed by atoms with Crippen molar-refractivity contribution in [3.63, 3.8) is 0 Å². The Labute approximate surface area is 87.3 Å². The summed E-state index contributed by atoms with van der Waals surface area (Å²) in [6.07, 6.45) is 2.61. The van der Waals surface area contributed by atoms with Gasteiger partial charge in [-0.05, 0) is 11.1 Å². The normalized spacial score (nSPS) is 20.7. The standard InChI is InChI=1S/C10H12O5/c1-13-9(11)3-7-5-15-6-8(7)4-10(12)14-2/h3-4H,5-6H2,1-2H3/b7-3-,8-4+. The molecule has 1 aliphatic rings. The number of carbonyl (C=O) groups excluding carboxylic acids is 2. The van der Waals surface area contributed by atoms with Crippen LogP contribution in [0.4, 0.5) is 0 Å². The lowest BCUT2D eigenvalue weighted by molar-refractivity contribution is -0.135. The number of ether oxygens (including phenoxy) is 3. The van der Waals surface area contributed by atoms with E-state index in [2.05, 4.69) is 9.47 Å². The number of hydrogen-bond acceptors (Lipinski definition) is 5. The quantitative estimate of drug-likeness (QED) is 0.484. The maximum absolute atomic E-state index is 11.0. The molecule has 0 saturated carbocycles. The van der Waals surface area contributed by atoms with E-state index in [0.717, 1.165) is 0 Å². The molecule has 0 spiro atoms. The van der Waals surface area contributed by atoms with Crippen LogP contribution in [-0.2, 0) is 23.8 Å². The van der Waals surface area contributed by atoms with Gasteiger partial charge >= 0.3 is 11.9 Å². The van der Waals surface area contributed by atoms with Gasteiger partial charge < -0.3 is 14.2 Å². The van der Waals surface area contributed by atoms with Crippen LogP contribution in [0, 0.1) is 0 Å². The second-order valence-corrected chi connectivity index (χ2v) is 2.88. The average molecular weight is 212 g/mol. The van der Waals surface area contributed by atoms with Crippen molar-refractivity contribution in [1.29, 1.82) is 0 Å². The SMILES string of the molecule is COC(=O)/C=C1\COC\C1=C\C(=O)OC. The van der Waals surface area contributed by atoms with E-state index in [9.17, 15) is 9.59 Å². The molecule has 0 aromatic carbocycles.